The highest BCUT2D eigenvalue weighted by atomic mass is 32.1. The van der Waals surface area contributed by atoms with Gasteiger partial charge in [-0.05, 0) is 43.0 Å². The maximum atomic E-state index is 12.5. The van der Waals surface area contributed by atoms with Gasteiger partial charge in [-0.15, -0.1) is 11.3 Å². The van der Waals surface area contributed by atoms with E-state index in [1.54, 1.807) is 7.11 Å². The zero-order chi connectivity index (χ0) is 20.3. The number of benzene rings is 1. The molecule has 0 saturated carbocycles. The van der Waals surface area contributed by atoms with Gasteiger partial charge in [0.2, 0.25) is 0 Å². The summed E-state index contributed by atoms with van der Waals surface area (Å²) in [4.78, 5) is 14.2. The molecular formula is C21H27N3O3S. The van der Waals surface area contributed by atoms with Gasteiger partial charge in [0.15, 0.2) is 11.5 Å². The number of nitrogens with zero attached hydrogens (tertiary/aromatic N) is 2. The quantitative estimate of drug-likeness (QED) is 0.611. The average Bonchev–Trinajstić information content (AvgIpc) is 3.22. The van der Waals surface area contributed by atoms with Crippen molar-refractivity contribution in [2.75, 3.05) is 13.7 Å². The first kappa shape index (κ1) is 20.2. The van der Waals surface area contributed by atoms with Crippen molar-refractivity contribution in [3.05, 3.63) is 40.4 Å². The minimum Gasteiger partial charge on any atom is -0.493 e. The second-order valence-corrected chi connectivity index (χ2v) is 8.27. The van der Waals surface area contributed by atoms with Crippen LogP contribution in [0.2, 0.25) is 0 Å². The minimum absolute atomic E-state index is 0.0863. The normalized spacial score (nSPS) is 11.2. The summed E-state index contributed by atoms with van der Waals surface area (Å²) in [7, 11) is 3.52. The standard InChI is InChI=1S/C21H27N3O3S/c1-13(2)8-9-27-17-7-6-15(10-18(17)26-5)12-22-20(25)19-11-16-14(3)23-24(4)21(16)28-19/h6-7,10-11,13H,8-9,12H2,1-5H3,(H,22,25). The lowest BCUT2D eigenvalue weighted by Crippen LogP contribution is -2.21. The molecular weight excluding hydrogens is 374 g/mol. The maximum Gasteiger partial charge on any atom is 0.261 e. The van der Waals surface area contributed by atoms with E-state index in [2.05, 4.69) is 24.3 Å². The Morgan fingerprint density at radius 1 is 1.29 bits per heavy atom. The highest BCUT2D eigenvalue weighted by molar-refractivity contribution is 7.20. The molecule has 0 bridgehead atoms. The fraction of sp³-hybridized carbons (Fsp3) is 0.429. The number of amides is 1. The predicted molar refractivity (Wildman–Crippen MR) is 112 cm³/mol. The van der Waals surface area contributed by atoms with E-state index in [0.717, 1.165) is 33.6 Å². The second kappa shape index (κ2) is 8.65. The number of carbonyl (C=O) groups excluding carboxylic acids is 1. The number of rotatable bonds is 8. The van der Waals surface area contributed by atoms with Gasteiger partial charge in [0.25, 0.3) is 5.91 Å². The lowest BCUT2D eigenvalue weighted by atomic mass is 10.1. The summed E-state index contributed by atoms with van der Waals surface area (Å²) in [5.74, 6) is 1.91. The molecule has 0 aliphatic heterocycles. The van der Waals surface area contributed by atoms with E-state index in [1.165, 1.54) is 11.3 Å². The number of aryl methyl sites for hydroxylation is 2. The number of hydrogen-bond donors (Lipinski definition) is 1. The number of hydrogen-bond acceptors (Lipinski definition) is 5. The summed E-state index contributed by atoms with van der Waals surface area (Å²) in [6.45, 7) is 7.37. The largest absolute Gasteiger partial charge is 0.493 e. The molecule has 1 amide bonds. The number of nitrogens with one attached hydrogen (secondary N) is 1. The molecule has 3 aromatic rings. The van der Waals surface area contributed by atoms with Crippen LogP contribution in [-0.2, 0) is 13.6 Å². The van der Waals surface area contributed by atoms with Crippen molar-refractivity contribution in [3.8, 4) is 11.5 Å². The van der Waals surface area contributed by atoms with Crippen molar-refractivity contribution in [1.82, 2.24) is 15.1 Å². The molecule has 0 saturated heterocycles. The average molecular weight is 402 g/mol. The highest BCUT2D eigenvalue weighted by Crippen LogP contribution is 2.29. The molecule has 1 N–H and O–H groups in total. The molecule has 0 fully saturated rings. The van der Waals surface area contributed by atoms with Crippen LogP contribution in [0.15, 0.2) is 24.3 Å². The summed E-state index contributed by atoms with van der Waals surface area (Å²) >= 11 is 1.45. The molecule has 7 heteroatoms. The number of fused-ring (bicyclic) bond motifs is 1. The first-order chi connectivity index (χ1) is 13.4. The number of aromatic nitrogens is 2. The second-order valence-electron chi connectivity index (χ2n) is 7.24. The van der Waals surface area contributed by atoms with E-state index in [-0.39, 0.29) is 5.91 Å². The van der Waals surface area contributed by atoms with Crippen LogP contribution in [0.1, 0.15) is 41.2 Å². The van der Waals surface area contributed by atoms with Gasteiger partial charge in [0, 0.05) is 19.0 Å². The molecule has 0 aliphatic carbocycles. The van der Waals surface area contributed by atoms with Crippen LogP contribution in [0.3, 0.4) is 0 Å². The first-order valence-corrected chi connectivity index (χ1v) is 10.2. The van der Waals surface area contributed by atoms with Gasteiger partial charge in [-0.2, -0.15) is 5.10 Å². The van der Waals surface area contributed by atoms with Crippen molar-refractivity contribution in [2.24, 2.45) is 13.0 Å². The van der Waals surface area contributed by atoms with E-state index in [1.807, 2.05) is 42.9 Å². The molecule has 6 nitrogen and oxygen atoms in total. The lowest BCUT2D eigenvalue weighted by molar-refractivity contribution is 0.0955. The highest BCUT2D eigenvalue weighted by Gasteiger charge is 2.15. The molecule has 3 rings (SSSR count). The summed E-state index contributed by atoms with van der Waals surface area (Å²) in [6.07, 6.45) is 0.991. The van der Waals surface area contributed by atoms with Gasteiger partial charge in [0.05, 0.1) is 24.3 Å². The van der Waals surface area contributed by atoms with E-state index in [9.17, 15) is 4.79 Å². The van der Waals surface area contributed by atoms with Gasteiger partial charge >= 0.3 is 0 Å². The smallest absolute Gasteiger partial charge is 0.261 e. The van der Waals surface area contributed by atoms with Crippen LogP contribution in [0, 0.1) is 12.8 Å². The topological polar surface area (TPSA) is 65.4 Å². The summed E-state index contributed by atoms with van der Waals surface area (Å²) in [5.41, 5.74) is 1.89. The zero-order valence-electron chi connectivity index (χ0n) is 17.0. The van der Waals surface area contributed by atoms with E-state index >= 15 is 0 Å². The third-order valence-corrected chi connectivity index (χ3v) is 5.75. The third kappa shape index (κ3) is 4.47. The maximum absolute atomic E-state index is 12.5. The summed E-state index contributed by atoms with van der Waals surface area (Å²) < 4.78 is 13.1. The monoisotopic (exact) mass is 401 g/mol. The van der Waals surface area contributed by atoms with Crippen LogP contribution in [0.25, 0.3) is 10.2 Å². The minimum atomic E-state index is -0.0863. The molecule has 0 radical (unpaired) electrons. The first-order valence-electron chi connectivity index (χ1n) is 9.40. The summed E-state index contributed by atoms with van der Waals surface area (Å²) in [6, 6.07) is 7.66. The van der Waals surface area contributed by atoms with Gasteiger partial charge < -0.3 is 14.8 Å². The molecule has 0 unspecified atom stereocenters. The number of carbonyl (C=O) groups is 1. The number of methoxy groups -OCH3 is 1. The molecule has 2 aromatic heterocycles. The Balaban J connectivity index is 1.64. The predicted octanol–water partition coefficient (Wildman–Crippen LogP) is 4.31. The Morgan fingerprint density at radius 3 is 2.75 bits per heavy atom. The van der Waals surface area contributed by atoms with Crippen LogP contribution in [0.5, 0.6) is 11.5 Å². The molecule has 150 valence electrons. The van der Waals surface area contributed by atoms with Crippen molar-refractivity contribution < 1.29 is 14.3 Å². The third-order valence-electron chi connectivity index (χ3n) is 4.55. The van der Waals surface area contributed by atoms with Crippen LogP contribution < -0.4 is 14.8 Å². The van der Waals surface area contributed by atoms with Crippen molar-refractivity contribution >= 4 is 27.5 Å². The van der Waals surface area contributed by atoms with E-state index in [4.69, 9.17) is 9.47 Å². The van der Waals surface area contributed by atoms with Gasteiger partial charge in [-0.3, -0.25) is 9.48 Å². The van der Waals surface area contributed by atoms with Crippen LogP contribution >= 0.6 is 11.3 Å². The van der Waals surface area contributed by atoms with Crippen molar-refractivity contribution in [1.29, 1.82) is 0 Å². The Bertz CT molecular complexity index is 940. The Kier molecular flexibility index (Phi) is 6.24. The van der Waals surface area contributed by atoms with Crippen LogP contribution in [0.4, 0.5) is 0 Å². The number of thiophene rings is 1. The van der Waals surface area contributed by atoms with Gasteiger partial charge in [-0.1, -0.05) is 19.9 Å². The van der Waals surface area contributed by atoms with E-state index in [0.29, 0.717) is 29.7 Å². The summed E-state index contributed by atoms with van der Waals surface area (Å²) in [5, 5.41) is 8.38. The fourth-order valence-corrected chi connectivity index (χ4v) is 3.97. The fourth-order valence-electron chi connectivity index (χ4n) is 2.93. The Hall–Kier alpha value is -2.54. The van der Waals surface area contributed by atoms with E-state index < -0.39 is 0 Å². The van der Waals surface area contributed by atoms with Gasteiger partial charge in [-0.25, -0.2) is 0 Å². The number of ether oxygens (including phenoxy) is 2. The Morgan fingerprint density at radius 2 is 2.07 bits per heavy atom. The lowest BCUT2D eigenvalue weighted by Gasteiger charge is -2.13. The molecule has 0 spiro atoms. The van der Waals surface area contributed by atoms with Crippen LogP contribution in [-0.4, -0.2) is 29.4 Å². The SMILES string of the molecule is COc1cc(CNC(=O)c2cc3c(C)nn(C)c3s2)ccc1OCCC(C)C. The molecule has 0 atom stereocenters. The van der Waals surface area contributed by atoms with Crippen molar-refractivity contribution in [3.63, 3.8) is 0 Å². The zero-order valence-corrected chi connectivity index (χ0v) is 17.9. The molecule has 0 aliphatic rings. The molecule has 1 aromatic carbocycles. The Labute approximate surface area is 169 Å². The molecule has 28 heavy (non-hydrogen) atoms. The van der Waals surface area contributed by atoms with Gasteiger partial charge in [0.1, 0.15) is 4.83 Å². The molecule has 2 heterocycles. The van der Waals surface area contributed by atoms with Crippen molar-refractivity contribution in [2.45, 2.75) is 33.7 Å².